The average Bonchev–Trinajstić information content (AvgIpc) is 2.69. The molecule has 0 amide bonds. The normalized spacial score (nSPS) is 25.7. The summed E-state index contributed by atoms with van der Waals surface area (Å²) < 4.78 is 1.85. The van der Waals surface area contributed by atoms with E-state index in [9.17, 15) is 0 Å². The fourth-order valence-corrected chi connectivity index (χ4v) is 2.68. The van der Waals surface area contributed by atoms with Gasteiger partial charge in [0, 0.05) is 24.8 Å². The molecule has 18 heavy (non-hydrogen) atoms. The standard InChI is InChI=1S/C12H18N6/c1-8-15-11-5-6-14-12(18(11)16-8)10-4-3-9(13)7-17(10)2/h5-6,9-10H,3-4,7,13H2,1-2H3. The summed E-state index contributed by atoms with van der Waals surface area (Å²) in [5.74, 6) is 1.74. The highest BCUT2D eigenvalue weighted by Crippen LogP contribution is 2.27. The smallest absolute Gasteiger partial charge is 0.159 e. The van der Waals surface area contributed by atoms with E-state index in [0.717, 1.165) is 36.7 Å². The molecule has 6 nitrogen and oxygen atoms in total. The molecule has 3 heterocycles. The van der Waals surface area contributed by atoms with Crippen LogP contribution in [0.15, 0.2) is 12.3 Å². The summed E-state index contributed by atoms with van der Waals surface area (Å²) in [6.07, 6.45) is 3.85. The monoisotopic (exact) mass is 246 g/mol. The summed E-state index contributed by atoms with van der Waals surface area (Å²) in [7, 11) is 2.09. The Morgan fingerprint density at radius 2 is 2.22 bits per heavy atom. The third-order valence-electron chi connectivity index (χ3n) is 3.55. The van der Waals surface area contributed by atoms with Crippen LogP contribution in [0.4, 0.5) is 0 Å². The molecule has 2 aromatic rings. The Morgan fingerprint density at radius 1 is 1.39 bits per heavy atom. The molecule has 0 aliphatic carbocycles. The average molecular weight is 246 g/mol. The summed E-state index contributed by atoms with van der Waals surface area (Å²) in [5.41, 5.74) is 6.85. The molecule has 96 valence electrons. The lowest BCUT2D eigenvalue weighted by molar-refractivity contribution is 0.160. The number of rotatable bonds is 1. The van der Waals surface area contributed by atoms with E-state index in [1.807, 2.05) is 17.5 Å². The SMILES string of the molecule is Cc1nc2ccnc(C3CCC(N)CN3C)n2n1. The van der Waals surface area contributed by atoms with Crippen molar-refractivity contribution in [3.8, 4) is 0 Å². The van der Waals surface area contributed by atoms with Crippen molar-refractivity contribution in [3.63, 3.8) is 0 Å². The maximum absolute atomic E-state index is 5.99. The number of piperidine rings is 1. The van der Waals surface area contributed by atoms with Crippen molar-refractivity contribution >= 4 is 5.65 Å². The van der Waals surface area contributed by atoms with Crippen molar-refractivity contribution in [2.75, 3.05) is 13.6 Å². The maximum atomic E-state index is 5.99. The van der Waals surface area contributed by atoms with Gasteiger partial charge >= 0.3 is 0 Å². The van der Waals surface area contributed by atoms with Crippen LogP contribution in [0, 0.1) is 6.92 Å². The van der Waals surface area contributed by atoms with Gasteiger partial charge in [0.25, 0.3) is 0 Å². The predicted molar refractivity (Wildman–Crippen MR) is 68.1 cm³/mol. The van der Waals surface area contributed by atoms with Gasteiger partial charge in [-0.1, -0.05) is 0 Å². The third kappa shape index (κ3) is 1.87. The van der Waals surface area contributed by atoms with Gasteiger partial charge in [0.2, 0.25) is 0 Å². The number of aromatic nitrogens is 4. The number of aryl methyl sites for hydroxylation is 1. The molecule has 2 atom stereocenters. The second-order valence-electron chi connectivity index (χ2n) is 5.02. The minimum absolute atomic E-state index is 0.267. The van der Waals surface area contributed by atoms with Crippen LogP contribution in [-0.2, 0) is 0 Å². The van der Waals surface area contributed by atoms with E-state index < -0.39 is 0 Å². The van der Waals surface area contributed by atoms with Crippen molar-refractivity contribution < 1.29 is 0 Å². The molecule has 2 N–H and O–H groups in total. The number of nitrogens with two attached hydrogens (primary N) is 1. The molecule has 2 aromatic heterocycles. The first-order valence-electron chi connectivity index (χ1n) is 6.29. The fourth-order valence-electron chi connectivity index (χ4n) is 2.68. The number of fused-ring (bicyclic) bond motifs is 1. The third-order valence-corrected chi connectivity index (χ3v) is 3.55. The largest absolute Gasteiger partial charge is 0.327 e. The number of hydrogen-bond acceptors (Lipinski definition) is 5. The van der Waals surface area contributed by atoms with Crippen molar-refractivity contribution in [1.29, 1.82) is 0 Å². The Labute approximate surface area is 106 Å². The van der Waals surface area contributed by atoms with E-state index in [4.69, 9.17) is 5.73 Å². The van der Waals surface area contributed by atoms with Gasteiger partial charge in [-0.15, -0.1) is 5.10 Å². The molecule has 2 unspecified atom stereocenters. The molecule has 0 bridgehead atoms. The lowest BCUT2D eigenvalue weighted by atomic mass is 9.99. The Hall–Kier alpha value is -1.53. The van der Waals surface area contributed by atoms with Crippen molar-refractivity contribution in [1.82, 2.24) is 24.5 Å². The number of hydrogen-bond donors (Lipinski definition) is 1. The van der Waals surface area contributed by atoms with Crippen LogP contribution in [0.3, 0.4) is 0 Å². The number of nitrogens with zero attached hydrogens (tertiary/aromatic N) is 5. The summed E-state index contributed by atoms with van der Waals surface area (Å²) in [6.45, 7) is 2.80. The summed E-state index contributed by atoms with van der Waals surface area (Å²) in [4.78, 5) is 11.1. The molecule has 0 saturated carbocycles. The number of likely N-dealkylation sites (tertiary alicyclic amines) is 1. The minimum atomic E-state index is 0.267. The van der Waals surface area contributed by atoms with E-state index in [1.165, 1.54) is 0 Å². The van der Waals surface area contributed by atoms with E-state index in [-0.39, 0.29) is 12.1 Å². The Bertz CT molecular complexity index is 563. The van der Waals surface area contributed by atoms with Crippen LogP contribution in [0.2, 0.25) is 0 Å². The zero-order chi connectivity index (χ0) is 12.7. The first kappa shape index (κ1) is 11.6. The van der Waals surface area contributed by atoms with Crippen molar-refractivity contribution in [3.05, 3.63) is 23.9 Å². The van der Waals surface area contributed by atoms with Gasteiger partial charge in [0.05, 0.1) is 6.04 Å². The molecule has 1 fully saturated rings. The van der Waals surface area contributed by atoms with Crippen molar-refractivity contribution in [2.45, 2.75) is 31.8 Å². The highest BCUT2D eigenvalue weighted by Gasteiger charge is 2.28. The Balaban J connectivity index is 2.03. The Kier molecular flexibility index (Phi) is 2.76. The molecule has 1 saturated heterocycles. The lowest BCUT2D eigenvalue weighted by Gasteiger charge is -2.35. The van der Waals surface area contributed by atoms with E-state index in [1.54, 1.807) is 6.20 Å². The van der Waals surface area contributed by atoms with Gasteiger partial charge in [-0.05, 0) is 26.8 Å². The molecule has 3 rings (SSSR count). The first-order valence-corrected chi connectivity index (χ1v) is 6.29. The van der Waals surface area contributed by atoms with Gasteiger partial charge in [-0.3, -0.25) is 4.90 Å². The molecule has 0 spiro atoms. The summed E-state index contributed by atoms with van der Waals surface area (Å²) in [5, 5.41) is 4.43. The van der Waals surface area contributed by atoms with Crippen LogP contribution in [0.5, 0.6) is 0 Å². The van der Waals surface area contributed by atoms with Crippen LogP contribution in [-0.4, -0.2) is 44.1 Å². The zero-order valence-electron chi connectivity index (χ0n) is 10.7. The van der Waals surface area contributed by atoms with Gasteiger partial charge in [-0.2, -0.15) is 4.52 Å². The maximum Gasteiger partial charge on any atom is 0.159 e. The van der Waals surface area contributed by atoms with Crippen LogP contribution in [0.25, 0.3) is 5.65 Å². The van der Waals surface area contributed by atoms with Crippen LogP contribution >= 0.6 is 0 Å². The van der Waals surface area contributed by atoms with E-state index >= 15 is 0 Å². The number of likely N-dealkylation sites (N-methyl/N-ethyl adjacent to an activating group) is 1. The molecular formula is C12H18N6. The molecular weight excluding hydrogens is 228 g/mol. The molecule has 0 radical (unpaired) electrons. The molecule has 1 aliphatic rings. The second kappa shape index (κ2) is 4.29. The fraction of sp³-hybridized carbons (Fsp3) is 0.583. The summed E-state index contributed by atoms with van der Waals surface area (Å²) >= 11 is 0. The second-order valence-corrected chi connectivity index (χ2v) is 5.02. The van der Waals surface area contributed by atoms with Crippen molar-refractivity contribution in [2.24, 2.45) is 5.73 Å². The molecule has 6 heteroatoms. The van der Waals surface area contributed by atoms with E-state index in [2.05, 4.69) is 27.0 Å². The van der Waals surface area contributed by atoms with Crippen LogP contribution < -0.4 is 5.73 Å². The van der Waals surface area contributed by atoms with Crippen LogP contribution in [0.1, 0.15) is 30.5 Å². The lowest BCUT2D eigenvalue weighted by Crippen LogP contribution is -2.43. The molecule has 1 aliphatic heterocycles. The molecule has 0 aromatic carbocycles. The minimum Gasteiger partial charge on any atom is -0.327 e. The highest BCUT2D eigenvalue weighted by molar-refractivity contribution is 5.36. The zero-order valence-corrected chi connectivity index (χ0v) is 10.7. The van der Waals surface area contributed by atoms with Gasteiger partial charge < -0.3 is 5.73 Å². The van der Waals surface area contributed by atoms with Gasteiger partial charge in [0.15, 0.2) is 5.65 Å². The van der Waals surface area contributed by atoms with Gasteiger partial charge in [0.1, 0.15) is 11.6 Å². The highest BCUT2D eigenvalue weighted by atomic mass is 15.3. The predicted octanol–water partition coefficient (Wildman–Crippen LogP) is 0.527. The van der Waals surface area contributed by atoms with Gasteiger partial charge in [-0.25, -0.2) is 9.97 Å². The topological polar surface area (TPSA) is 72.3 Å². The Morgan fingerprint density at radius 3 is 3.00 bits per heavy atom. The quantitative estimate of drug-likeness (QED) is 0.794. The first-order chi connectivity index (χ1) is 8.65. The van der Waals surface area contributed by atoms with E-state index in [0.29, 0.717) is 0 Å². The summed E-state index contributed by atoms with van der Waals surface area (Å²) in [6, 6.07) is 2.43.